The molecule has 16 heavy (non-hydrogen) atoms. The van der Waals surface area contributed by atoms with Gasteiger partial charge in [0.15, 0.2) is 4.84 Å². The van der Waals surface area contributed by atoms with Crippen LogP contribution >= 0.6 is 69.6 Å². The van der Waals surface area contributed by atoms with Crippen molar-refractivity contribution in [2.45, 2.75) is 4.84 Å². The van der Waals surface area contributed by atoms with Crippen molar-refractivity contribution >= 4 is 75.5 Å². The minimum atomic E-state index is -1.16. The van der Waals surface area contributed by atoms with E-state index in [-0.39, 0.29) is 22.1 Å². The molecule has 0 aromatic rings. The van der Waals surface area contributed by atoms with Crippen LogP contribution in [0.2, 0.25) is 0 Å². The Kier molecular flexibility index (Phi) is 9.11. The van der Waals surface area contributed by atoms with Crippen molar-refractivity contribution in [2.24, 2.45) is 0 Å². The second kappa shape index (κ2) is 8.73. The van der Waals surface area contributed by atoms with Crippen LogP contribution in [0.1, 0.15) is 0 Å². The molecule has 0 radical (unpaired) electrons. The van der Waals surface area contributed by atoms with E-state index >= 15 is 0 Å². The van der Waals surface area contributed by atoms with Crippen molar-refractivity contribution < 1.29 is 4.79 Å². The van der Waals surface area contributed by atoms with E-state index in [9.17, 15) is 4.79 Å². The van der Waals surface area contributed by atoms with E-state index in [1.54, 1.807) is 0 Å². The average molecular weight is 346 g/mol. The van der Waals surface area contributed by atoms with Gasteiger partial charge < -0.3 is 4.90 Å². The first-order chi connectivity index (χ1) is 7.34. The fourth-order valence-electron chi connectivity index (χ4n) is 0.751. The molecule has 0 aliphatic rings. The molecule has 0 aliphatic carbocycles. The monoisotopic (exact) mass is 343 g/mol. The topological polar surface area (TPSA) is 20.3 Å². The normalized spacial score (nSPS) is 9.94. The molecule has 0 heterocycles. The molecule has 0 unspecified atom stereocenters. The summed E-state index contributed by atoms with van der Waals surface area (Å²) in [5.41, 5.74) is 0. The number of nitrogens with zero attached hydrogens (tertiary/aromatic N) is 1. The van der Waals surface area contributed by atoms with E-state index < -0.39 is 10.7 Å². The summed E-state index contributed by atoms with van der Waals surface area (Å²) in [6.45, 7) is 0.323. The molecule has 0 N–H and O–H groups in total. The van der Waals surface area contributed by atoms with Crippen molar-refractivity contribution in [1.29, 1.82) is 0 Å². The van der Waals surface area contributed by atoms with Crippen LogP contribution in [-0.4, -0.2) is 28.7 Å². The Morgan fingerprint density at radius 2 is 1.38 bits per heavy atom. The fourth-order valence-corrected chi connectivity index (χ4v) is 1.30. The predicted molar refractivity (Wildman–Crippen MR) is 71.7 cm³/mol. The minimum absolute atomic E-state index is 0.0412. The highest BCUT2D eigenvalue weighted by atomic mass is 35.5. The van der Waals surface area contributed by atoms with Crippen molar-refractivity contribution in [3.8, 4) is 0 Å². The van der Waals surface area contributed by atoms with Gasteiger partial charge in [0.05, 0.1) is 0 Å². The number of carbonyl (C=O) groups is 1. The first-order valence-electron chi connectivity index (χ1n) is 3.94. The second-order valence-corrected chi connectivity index (χ2v) is 5.64. The Morgan fingerprint density at radius 1 is 1.00 bits per heavy atom. The summed E-state index contributed by atoms with van der Waals surface area (Å²) in [6, 6.07) is 0. The first kappa shape index (κ1) is 16.7. The summed E-state index contributed by atoms with van der Waals surface area (Å²) in [5.74, 6) is -0.486. The maximum Gasteiger partial charge on any atom is 0.256 e. The largest absolute Gasteiger partial charge is 0.333 e. The molecule has 0 rings (SSSR count). The van der Waals surface area contributed by atoms with E-state index in [4.69, 9.17) is 69.6 Å². The van der Waals surface area contributed by atoms with Crippen LogP contribution in [0, 0.1) is 0 Å². The molecular formula is C8H7Cl6NO. The third-order valence-corrected chi connectivity index (χ3v) is 2.42. The number of hydrogen-bond acceptors (Lipinski definition) is 1. The number of rotatable bonds is 5. The lowest BCUT2D eigenvalue weighted by atomic mass is 10.4. The van der Waals surface area contributed by atoms with Gasteiger partial charge in [-0.15, -0.1) is 0 Å². The van der Waals surface area contributed by atoms with Crippen LogP contribution < -0.4 is 0 Å². The molecule has 92 valence electrons. The van der Waals surface area contributed by atoms with Gasteiger partial charge in [0, 0.05) is 13.1 Å². The Hall–Kier alpha value is 0.690. The lowest BCUT2D eigenvalue weighted by Gasteiger charge is -2.19. The SMILES string of the molecule is O=C(C(Cl)Cl)N(CC=C(Cl)Cl)CC=C(Cl)Cl. The van der Waals surface area contributed by atoms with Crippen molar-refractivity contribution in [3.05, 3.63) is 21.1 Å². The van der Waals surface area contributed by atoms with E-state index in [1.165, 1.54) is 17.1 Å². The molecule has 0 fully saturated rings. The summed E-state index contributed by atoms with van der Waals surface area (Å²) in [6.07, 6.45) is 2.85. The van der Waals surface area contributed by atoms with Gasteiger partial charge >= 0.3 is 0 Å². The molecule has 0 aromatic heterocycles. The number of halogens is 6. The smallest absolute Gasteiger partial charge is 0.256 e. The highest BCUT2D eigenvalue weighted by Crippen LogP contribution is 2.12. The van der Waals surface area contributed by atoms with Gasteiger partial charge in [-0.3, -0.25) is 4.79 Å². The van der Waals surface area contributed by atoms with Gasteiger partial charge in [-0.1, -0.05) is 69.6 Å². The van der Waals surface area contributed by atoms with Crippen molar-refractivity contribution in [3.63, 3.8) is 0 Å². The zero-order valence-electron chi connectivity index (χ0n) is 7.77. The van der Waals surface area contributed by atoms with Gasteiger partial charge in [0.2, 0.25) is 0 Å². The quantitative estimate of drug-likeness (QED) is 0.682. The second-order valence-electron chi connectivity index (χ2n) is 2.53. The third kappa shape index (κ3) is 7.88. The summed E-state index contributed by atoms with van der Waals surface area (Å²) in [5, 5.41) is 0. The Bertz CT molecular complexity index is 273. The van der Waals surface area contributed by atoms with Crippen LogP contribution in [-0.2, 0) is 4.79 Å². The molecule has 8 heteroatoms. The number of amides is 1. The van der Waals surface area contributed by atoms with E-state index in [0.717, 1.165) is 0 Å². The number of alkyl halides is 2. The lowest BCUT2D eigenvalue weighted by molar-refractivity contribution is -0.128. The molecule has 1 amide bonds. The fraction of sp³-hybridized carbons (Fsp3) is 0.375. The van der Waals surface area contributed by atoms with Gasteiger partial charge in [0.25, 0.3) is 5.91 Å². The molecule has 2 nitrogen and oxygen atoms in total. The van der Waals surface area contributed by atoms with Crippen LogP contribution in [0.5, 0.6) is 0 Å². The van der Waals surface area contributed by atoms with Crippen LogP contribution in [0.3, 0.4) is 0 Å². The summed E-state index contributed by atoms with van der Waals surface area (Å²) in [7, 11) is 0. The summed E-state index contributed by atoms with van der Waals surface area (Å²) >= 11 is 32.6. The Morgan fingerprint density at radius 3 is 1.62 bits per heavy atom. The molecule has 0 saturated heterocycles. The van der Waals surface area contributed by atoms with Crippen molar-refractivity contribution in [2.75, 3.05) is 13.1 Å². The summed E-state index contributed by atoms with van der Waals surface area (Å²) < 4.78 is 0.0823. The van der Waals surface area contributed by atoms with E-state index in [2.05, 4.69) is 0 Å². The molecule has 0 aliphatic heterocycles. The molecule has 0 bridgehead atoms. The van der Waals surface area contributed by atoms with Gasteiger partial charge in [0.1, 0.15) is 8.98 Å². The standard InChI is InChI=1S/C8H7Cl6NO/c9-5(10)1-3-15(4-2-6(11)12)8(16)7(13)14/h1-2,7H,3-4H2. The third-order valence-electron chi connectivity index (χ3n) is 1.43. The zero-order chi connectivity index (χ0) is 12.7. The summed E-state index contributed by atoms with van der Waals surface area (Å²) in [4.78, 5) is 11.6. The van der Waals surface area contributed by atoms with Crippen LogP contribution in [0.25, 0.3) is 0 Å². The maximum absolute atomic E-state index is 11.5. The number of hydrogen-bond donors (Lipinski definition) is 0. The number of carbonyl (C=O) groups excluding carboxylic acids is 1. The molecule has 0 spiro atoms. The Labute approximate surface area is 124 Å². The minimum Gasteiger partial charge on any atom is -0.333 e. The lowest BCUT2D eigenvalue weighted by Crippen LogP contribution is -2.35. The van der Waals surface area contributed by atoms with E-state index in [0.29, 0.717) is 0 Å². The van der Waals surface area contributed by atoms with Gasteiger partial charge in [-0.25, -0.2) is 0 Å². The molecule has 0 aromatic carbocycles. The van der Waals surface area contributed by atoms with Gasteiger partial charge in [-0.05, 0) is 12.2 Å². The predicted octanol–water partition coefficient (Wildman–Crippen LogP) is 4.26. The molecule has 0 saturated carbocycles. The average Bonchev–Trinajstić information content (AvgIpc) is 2.16. The highest BCUT2D eigenvalue weighted by Gasteiger charge is 2.18. The van der Waals surface area contributed by atoms with Crippen molar-refractivity contribution in [1.82, 2.24) is 4.90 Å². The van der Waals surface area contributed by atoms with Crippen LogP contribution in [0.15, 0.2) is 21.1 Å². The highest BCUT2D eigenvalue weighted by molar-refractivity contribution is 6.56. The van der Waals surface area contributed by atoms with Gasteiger partial charge in [-0.2, -0.15) is 0 Å². The molecule has 0 atom stereocenters. The Balaban J connectivity index is 4.57. The first-order valence-corrected chi connectivity index (χ1v) is 6.32. The molecular weight excluding hydrogens is 339 g/mol. The zero-order valence-corrected chi connectivity index (χ0v) is 12.3. The maximum atomic E-state index is 11.5. The van der Waals surface area contributed by atoms with Crippen LogP contribution in [0.4, 0.5) is 0 Å². The van der Waals surface area contributed by atoms with E-state index in [1.807, 2.05) is 0 Å².